The number of rotatable bonds is 10. The van der Waals surface area contributed by atoms with E-state index in [0.29, 0.717) is 18.7 Å². The Morgan fingerprint density at radius 2 is 1.66 bits per heavy atom. The monoisotopic (exact) mass is 438 g/mol. The summed E-state index contributed by atoms with van der Waals surface area (Å²) in [5.74, 6) is 1.09. The van der Waals surface area contributed by atoms with Crippen LogP contribution >= 0.6 is 0 Å². The van der Waals surface area contributed by atoms with Gasteiger partial charge in [0, 0.05) is 12.6 Å². The Morgan fingerprint density at radius 3 is 2.25 bits per heavy atom. The first-order chi connectivity index (χ1) is 15.5. The molecule has 0 aromatic heterocycles. The molecule has 6 nitrogen and oxygen atoms in total. The SMILES string of the molecule is CCC(C(=O)NC1CCCC1)N(Cc1ccc(OC)cc1)C(=O)COc1ccc(C)cc1. The highest BCUT2D eigenvalue weighted by molar-refractivity contribution is 5.88. The first kappa shape index (κ1) is 23.6. The number of benzene rings is 2. The number of nitrogens with zero attached hydrogens (tertiary/aromatic N) is 1. The van der Waals surface area contributed by atoms with E-state index in [2.05, 4.69) is 5.32 Å². The molecule has 1 atom stereocenters. The topological polar surface area (TPSA) is 67.9 Å². The maximum absolute atomic E-state index is 13.2. The van der Waals surface area contributed by atoms with Crippen molar-refractivity contribution < 1.29 is 19.1 Å². The Labute approximate surface area is 190 Å². The van der Waals surface area contributed by atoms with Gasteiger partial charge in [-0.15, -0.1) is 0 Å². The van der Waals surface area contributed by atoms with Gasteiger partial charge >= 0.3 is 0 Å². The molecule has 1 N–H and O–H groups in total. The molecule has 0 saturated heterocycles. The van der Waals surface area contributed by atoms with Crippen LogP contribution in [0.5, 0.6) is 11.5 Å². The lowest BCUT2D eigenvalue weighted by Crippen LogP contribution is -2.52. The minimum atomic E-state index is -0.549. The summed E-state index contributed by atoms with van der Waals surface area (Å²) < 4.78 is 11.0. The third-order valence-corrected chi connectivity index (χ3v) is 5.98. The first-order valence-corrected chi connectivity index (χ1v) is 11.4. The smallest absolute Gasteiger partial charge is 0.261 e. The highest BCUT2D eigenvalue weighted by Gasteiger charge is 2.30. The second kappa shape index (κ2) is 11.6. The molecule has 1 fully saturated rings. The Bertz CT molecular complexity index is 874. The van der Waals surface area contributed by atoms with E-state index in [4.69, 9.17) is 9.47 Å². The predicted molar refractivity (Wildman–Crippen MR) is 125 cm³/mol. The lowest BCUT2D eigenvalue weighted by atomic mass is 10.1. The molecule has 1 aliphatic rings. The average Bonchev–Trinajstić information content (AvgIpc) is 3.31. The van der Waals surface area contributed by atoms with Gasteiger partial charge in [-0.3, -0.25) is 9.59 Å². The highest BCUT2D eigenvalue weighted by Crippen LogP contribution is 2.20. The molecule has 0 spiro atoms. The molecule has 0 aliphatic heterocycles. The van der Waals surface area contributed by atoms with Crippen LogP contribution in [0, 0.1) is 6.92 Å². The number of methoxy groups -OCH3 is 1. The van der Waals surface area contributed by atoms with Crippen molar-refractivity contribution in [3.05, 3.63) is 59.7 Å². The fourth-order valence-corrected chi connectivity index (χ4v) is 4.08. The van der Waals surface area contributed by atoms with E-state index in [-0.39, 0.29) is 24.5 Å². The van der Waals surface area contributed by atoms with Gasteiger partial charge in [0.05, 0.1) is 7.11 Å². The number of carbonyl (C=O) groups excluding carboxylic acids is 2. The number of hydrogen-bond acceptors (Lipinski definition) is 4. The van der Waals surface area contributed by atoms with Crippen molar-refractivity contribution in [1.82, 2.24) is 10.2 Å². The summed E-state index contributed by atoms with van der Waals surface area (Å²) in [6.07, 6.45) is 4.82. The molecule has 2 aromatic carbocycles. The Hall–Kier alpha value is -3.02. The van der Waals surface area contributed by atoms with E-state index in [1.54, 1.807) is 12.0 Å². The third-order valence-electron chi connectivity index (χ3n) is 5.98. The van der Waals surface area contributed by atoms with Crippen molar-refractivity contribution in [3.63, 3.8) is 0 Å². The zero-order chi connectivity index (χ0) is 22.9. The first-order valence-electron chi connectivity index (χ1n) is 11.4. The van der Waals surface area contributed by atoms with Gasteiger partial charge in [-0.05, 0) is 56.0 Å². The lowest BCUT2D eigenvalue weighted by molar-refractivity contribution is -0.143. The van der Waals surface area contributed by atoms with E-state index in [1.165, 1.54) is 0 Å². The van der Waals surface area contributed by atoms with Crippen LogP contribution in [0.25, 0.3) is 0 Å². The molecule has 1 unspecified atom stereocenters. The fourth-order valence-electron chi connectivity index (χ4n) is 4.08. The van der Waals surface area contributed by atoms with E-state index < -0.39 is 6.04 Å². The molecular weight excluding hydrogens is 404 g/mol. The van der Waals surface area contributed by atoms with E-state index in [1.807, 2.05) is 62.4 Å². The normalized spacial score (nSPS) is 14.6. The summed E-state index contributed by atoms with van der Waals surface area (Å²) in [6.45, 7) is 4.15. The quantitative estimate of drug-likeness (QED) is 0.602. The van der Waals surface area contributed by atoms with Crippen molar-refractivity contribution in [2.75, 3.05) is 13.7 Å². The highest BCUT2D eigenvalue weighted by atomic mass is 16.5. The van der Waals surface area contributed by atoms with Crippen LogP contribution in [0.2, 0.25) is 0 Å². The largest absolute Gasteiger partial charge is 0.497 e. The molecule has 3 rings (SSSR count). The number of amides is 2. The molecule has 0 radical (unpaired) electrons. The molecule has 0 heterocycles. The summed E-state index contributed by atoms with van der Waals surface area (Å²) in [7, 11) is 1.62. The zero-order valence-corrected chi connectivity index (χ0v) is 19.3. The van der Waals surface area contributed by atoms with Crippen molar-refractivity contribution in [2.45, 2.75) is 64.6 Å². The van der Waals surface area contributed by atoms with Gasteiger partial charge in [0.2, 0.25) is 5.91 Å². The maximum Gasteiger partial charge on any atom is 0.261 e. The Kier molecular flexibility index (Phi) is 8.54. The summed E-state index contributed by atoms with van der Waals surface area (Å²) in [4.78, 5) is 28.0. The average molecular weight is 439 g/mol. The Morgan fingerprint density at radius 1 is 1.03 bits per heavy atom. The maximum atomic E-state index is 13.2. The number of nitrogens with one attached hydrogen (secondary N) is 1. The number of carbonyl (C=O) groups is 2. The summed E-state index contributed by atoms with van der Waals surface area (Å²) in [5, 5.41) is 3.16. The van der Waals surface area contributed by atoms with Gasteiger partial charge in [0.25, 0.3) is 5.91 Å². The molecule has 2 aromatic rings. The molecule has 1 saturated carbocycles. The number of hydrogen-bond donors (Lipinski definition) is 1. The molecular formula is C26H34N2O4. The van der Waals surface area contributed by atoms with Crippen LogP contribution in [0.15, 0.2) is 48.5 Å². The minimum Gasteiger partial charge on any atom is -0.497 e. The van der Waals surface area contributed by atoms with Crippen LogP contribution in [-0.2, 0) is 16.1 Å². The number of aryl methyl sites for hydroxylation is 1. The van der Waals surface area contributed by atoms with Crippen molar-refractivity contribution in [1.29, 1.82) is 0 Å². The van der Waals surface area contributed by atoms with Crippen molar-refractivity contribution >= 4 is 11.8 Å². The fraction of sp³-hybridized carbons (Fsp3) is 0.462. The van der Waals surface area contributed by atoms with Gasteiger partial charge in [0.15, 0.2) is 6.61 Å². The van der Waals surface area contributed by atoms with Crippen LogP contribution in [0.4, 0.5) is 0 Å². The molecule has 1 aliphatic carbocycles. The molecule has 32 heavy (non-hydrogen) atoms. The second-order valence-electron chi connectivity index (χ2n) is 8.39. The molecule has 0 bridgehead atoms. The van der Waals surface area contributed by atoms with Gasteiger partial charge in [-0.2, -0.15) is 0 Å². The van der Waals surface area contributed by atoms with Gasteiger partial charge < -0.3 is 19.7 Å². The van der Waals surface area contributed by atoms with E-state index in [0.717, 1.165) is 42.6 Å². The van der Waals surface area contributed by atoms with Gasteiger partial charge in [-0.1, -0.05) is 49.6 Å². The third kappa shape index (κ3) is 6.49. The van der Waals surface area contributed by atoms with Gasteiger partial charge in [0.1, 0.15) is 17.5 Å². The molecule has 2 amide bonds. The summed E-state index contributed by atoms with van der Waals surface area (Å²) >= 11 is 0. The number of ether oxygens (including phenoxy) is 2. The van der Waals surface area contributed by atoms with Crippen LogP contribution < -0.4 is 14.8 Å². The van der Waals surface area contributed by atoms with Crippen LogP contribution in [0.3, 0.4) is 0 Å². The zero-order valence-electron chi connectivity index (χ0n) is 19.3. The lowest BCUT2D eigenvalue weighted by Gasteiger charge is -2.31. The minimum absolute atomic E-state index is 0.0865. The van der Waals surface area contributed by atoms with Crippen LogP contribution in [-0.4, -0.2) is 42.5 Å². The van der Waals surface area contributed by atoms with E-state index >= 15 is 0 Å². The van der Waals surface area contributed by atoms with Crippen LogP contribution in [0.1, 0.15) is 50.2 Å². The van der Waals surface area contributed by atoms with Crippen molar-refractivity contribution in [3.8, 4) is 11.5 Å². The Balaban J connectivity index is 1.74. The molecule has 6 heteroatoms. The van der Waals surface area contributed by atoms with Gasteiger partial charge in [-0.25, -0.2) is 0 Å². The predicted octanol–water partition coefficient (Wildman–Crippen LogP) is 4.25. The standard InChI is InChI=1S/C26H34N2O4/c1-4-24(26(30)27-21-7-5-6-8-21)28(17-20-11-15-22(31-3)16-12-20)25(29)18-32-23-13-9-19(2)10-14-23/h9-16,21,24H,4-8,17-18H2,1-3H3,(H,27,30). The van der Waals surface area contributed by atoms with Crippen molar-refractivity contribution in [2.24, 2.45) is 0 Å². The molecule has 172 valence electrons. The summed E-state index contributed by atoms with van der Waals surface area (Å²) in [5.41, 5.74) is 2.06. The summed E-state index contributed by atoms with van der Waals surface area (Å²) in [6, 6.07) is 14.8. The second-order valence-corrected chi connectivity index (χ2v) is 8.39. The van der Waals surface area contributed by atoms with E-state index in [9.17, 15) is 9.59 Å².